The van der Waals surface area contributed by atoms with Crippen molar-refractivity contribution in [1.82, 2.24) is 0 Å². The summed E-state index contributed by atoms with van der Waals surface area (Å²) in [5.41, 5.74) is -2.10. The van der Waals surface area contributed by atoms with Gasteiger partial charge in [0, 0.05) is 6.07 Å². The summed E-state index contributed by atoms with van der Waals surface area (Å²) in [5, 5.41) is 102. The molecule has 0 saturated carbocycles. The Labute approximate surface area is 201 Å². The van der Waals surface area contributed by atoms with Crippen molar-refractivity contribution in [2.45, 2.75) is 61.2 Å². The van der Waals surface area contributed by atoms with E-state index in [4.69, 9.17) is 18.6 Å². The summed E-state index contributed by atoms with van der Waals surface area (Å²) in [6.45, 7) is -1.60. The van der Waals surface area contributed by atoms with Crippen LogP contribution in [-0.4, -0.2) is 119 Å². The Morgan fingerprint density at radius 2 is 1.33 bits per heavy atom. The number of aromatic hydroxyl groups is 2. The zero-order valence-corrected chi connectivity index (χ0v) is 18.4. The van der Waals surface area contributed by atoms with Crippen LogP contribution in [0, 0.1) is 0 Å². The molecule has 0 spiro atoms. The van der Waals surface area contributed by atoms with Gasteiger partial charge in [-0.05, 0) is 6.07 Å². The van der Waals surface area contributed by atoms with Gasteiger partial charge in [-0.3, -0.25) is 0 Å². The number of rotatable bonds is 5. The van der Waals surface area contributed by atoms with Crippen LogP contribution in [0.4, 0.5) is 0 Å². The first-order valence-corrected chi connectivity index (χ1v) is 10.8. The number of phenols is 2. The van der Waals surface area contributed by atoms with Crippen molar-refractivity contribution in [3.05, 3.63) is 28.1 Å². The highest BCUT2D eigenvalue weighted by atomic mass is 16.7. The first-order valence-electron chi connectivity index (χ1n) is 10.8. The molecule has 0 bridgehead atoms. The van der Waals surface area contributed by atoms with E-state index in [-0.39, 0.29) is 5.39 Å². The van der Waals surface area contributed by atoms with Crippen molar-refractivity contribution in [2.24, 2.45) is 0 Å². The van der Waals surface area contributed by atoms with Gasteiger partial charge < -0.3 is 69.7 Å². The number of aliphatic hydroxyl groups is 8. The molecule has 200 valence electrons. The number of fused-ring (bicyclic) bond motifs is 1. The van der Waals surface area contributed by atoms with E-state index < -0.39 is 108 Å². The zero-order chi connectivity index (χ0) is 26.5. The predicted octanol–water partition coefficient (Wildman–Crippen LogP) is -4.10. The van der Waals surface area contributed by atoms with E-state index in [2.05, 4.69) is 0 Å². The molecule has 2 aliphatic heterocycles. The maximum atomic E-state index is 11.9. The van der Waals surface area contributed by atoms with Crippen molar-refractivity contribution in [2.75, 3.05) is 13.2 Å². The molecule has 2 aromatic rings. The second-order valence-corrected chi connectivity index (χ2v) is 8.50. The van der Waals surface area contributed by atoms with E-state index in [1.165, 1.54) is 0 Å². The van der Waals surface area contributed by atoms with E-state index in [1.807, 2.05) is 0 Å². The number of phenolic OH excluding ortho intramolecular Hbond substituents is 2. The summed E-state index contributed by atoms with van der Waals surface area (Å²) in [7, 11) is 0. The van der Waals surface area contributed by atoms with Crippen LogP contribution < -0.4 is 10.4 Å². The van der Waals surface area contributed by atoms with Crippen LogP contribution in [0.5, 0.6) is 17.2 Å². The van der Waals surface area contributed by atoms with E-state index in [9.17, 15) is 55.9 Å². The molecule has 4 rings (SSSR count). The number of hydrogen-bond acceptors (Lipinski definition) is 15. The summed E-state index contributed by atoms with van der Waals surface area (Å²) >= 11 is 0. The molecule has 0 radical (unpaired) electrons. The largest absolute Gasteiger partial charge is 0.507 e. The van der Waals surface area contributed by atoms with Gasteiger partial charge in [-0.1, -0.05) is 0 Å². The van der Waals surface area contributed by atoms with Crippen LogP contribution in [0.15, 0.2) is 21.3 Å². The molecule has 3 heterocycles. The standard InChI is InChI=1S/C21H26O15/c22-3-6-11(26)14(29)16(31)19(33-6)9-10(25)5-1-2-8(24)35-18(5)20(13(9)28)36-21-17(32)15(30)12(27)7(4-23)34-21/h1-2,6-7,11-12,14-17,19,21-23,25-32H,3-4H2/t6-,7+,11+,12+,14+,15-,16+,17+,19+,21-/m1/s1. The predicted molar refractivity (Wildman–Crippen MR) is 113 cm³/mol. The van der Waals surface area contributed by atoms with Crippen molar-refractivity contribution in [3.8, 4) is 17.2 Å². The quantitative estimate of drug-likeness (QED) is 0.169. The molecule has 2 saturated heterocycles. The number of aliphatic hydroxyl groups excluding tert-OH is 8. The third kappa shape index (κ3) is 4.28. The smallest absolute Gasteiger partial charge is 0.336 e. The Morgan fingerprint density at radius 3 is 1.94 bits per heavy atom. The highest BCUT2D eigenvalue weighted by molar-refractivity contribution is 5.92. The minimum atomic E-state index is -1.94. The van der Waals surface area contributed by atoms with Crippen molar-refractivity contribution in [3.63, 3.8) is 0 Å². The van der Waals surface area contributed by atoms with E-state index in [0.717, 1.165) is 12.1 Å². The van der Waals surface area contributed by atoms with Crippen molar-refractivity contribution < 1.29 is 69.7 Å². The van der Waals surface area contributed by atoms with E-state index in [1.54, 1.807) is 0 Å². The lowest BCUT2D eigenvalue weighted by atomic mass is 9.89. The van der Waals surface area contributed by atoms with Gasteiger partial charge >= 0.3 is 5.63 Å². The van der Waals surface area contributed by atoms with Crippen molar-refractivity contribution in [1.29, 1.82) is 0 Å². The Hall–Kier alpha value is -2.57. The molecular weight excluding hydrogens is 492 g/mol. The Kier molecular flexibility index (Phi) is 7.40. The average Bonchev–Trinajstić information content (AvgIpc) is 2.86. The molecule has 10 N–H and O–H groups in total. The first-order chi connectivity index (χ1) is 17.0. The topological polar surface area (TPSA) is 260 Å². The molecule has 0 unspecified atom stereocenters. The van der Waals surface area contributed by atoms with Gasteiger partial charge in [0.15, 0.2) is 11.3 Å². The van der Waals surface area contributed by atoms with Crippen LogP contribution in [-0.2, 0) is 9.47 Å². The van der Waals surface area contributed by atoms with Gasteiger partial charge in [0.1, 0.15) is 60.7 Å². The minimum Gasteiger partial charge on any atom is -0.507 e. The maximum Gasteiger partial charge on any atom is 0.336 e. The molecule has 0 aliphatic carbocycles. The summed E-state index contributed by atoms with van der Waals surface area (Å²) in [6, 6.07) is 1.98. The van der Waals surface area contributed by atoms with Crippen LogP contribution in [0.1, 0.15) is 11.7 Å². The third-order valence-electron chi connectivity index (χ3n) is 6.28. The minimum absolute atomic E-state index is 0.265. The third-order valence-corrected chi connectivity index (χ3v) is 6.28. The molecule has 1 aromatic heterocycles. The summed E-state index contributed by atoms with van der Waals surface area (Å²) < 4.78 is 21.2. The average molecular weight is 518 g/mol. The SMILES string of the molecule is O=c1ccc2c(O)c([C@@H]3O[C@H](CO)[C@H](O)[C@H](O)[C@@H]3O)c(O)c(O[C@H]3O[C@@H](CO)[C@H](O)[C@@H](O)[C@@H]3O)c2o1. The molecule has 15 nitrogen and oxygen atoms in total. The normalized spacial score (nSPS) is 37.2. The summed E-state index contributed by atoms with van der Waals surface area (Å²) in [4.78, 5) is 11.9. The number of hydrogen-bond donors (Lipinski definition) is 10. The Bertz CT molecular complexity index is 1150. The van der Waals surface area contributed by atoms with Crippen molar-refractivity contribution >= 4 is 11.0 Å². The fourth-order valence-electron chi connectivity index (χ4n) is 4.26. The Morgan fingerprint density at radius 1 is 0.750 bits per heavy atom. The fraction of sp³-hybridized carbons (Fsp3) is 0.571. The Balaban J connectivity index is 1.86. The van der Waals surface area contributed by atoms with Crippen LogP contribution >= 0.6 is 0 Å². The zero-order valence-electron chi connectivity index (χ0n) is 18.4. The van der Waals surface area contributed by atoms with E-state index in [0.29, 0.717) is 0 Å². The fourth-order valence-corrected chi connectivity index (χ4v) is 4.26. The molecule has 36 heavy (non-hydrogen) atoms. The molecule has 2 fully saturated rings. The van der Waals surface area contributed by atoms with Gasteiger partial charge in [-0.2, -0.15) is 0 Å². The molecule has 10 atom stereocenters. The lowest BCUT2D eigenvalue weighted by molar-refractivity contribution is -0.277. The van der Waals surface area contributed by atoms with Gasteiger partial charge in [0.05, 0.1) is 24.2 Å². The summed E-state index contributed by atoms with van der Waals surface area (Å²) in [5.74, 6) is -2.54. The monoisotopic (exact) mass is 518 g/mol. The second kappa shape index (κ2) is 10.1. The molecule has 2 aliphatic rings. The van der Waals surface area contributed by atoms with E-state index >= 15 is 0 Å². The number of ether oxygens (including phenoxy) is 3. The highest BCUT2D eigenvalue weighted by Crippen LogP contribution is 2.50. The van der Waals surface area contributed by atoms with Crippen LogP contribution in [0.25, 0.3) is 11.0 Å². The van der Waals surface area contributed by atoms with Crippen LogP contribution in [0.2, 0.25) is 0 Å². The lowest BCUT2D eigenvalue weighted by Gasteiger charge is -2.41. The van der Waals surface area contributed by atoms with Gasteiger partial charge in [-0.15, -0.1) is 0 Å². The summed E-state index contributed by atoms with van der Waals surface area (Å²) in [6.07, 6.45) is -17.5. The molecular formula is C21H26O15. The second-order valence-electron chi connectivity index (χ2n) is 8.50. The maximum absolute atomic E-state index is 11.9. The van der Waals surface area contributed by atoms with Gasteiger partial charge in [0.2, 0.25) is 12.0 Å². The highest BCUT2D eigenvalue weighted by Gasteiger charge is 2.48. The van der Waals surface area contributed by atoms with Crippen LogP contribution in [0.3, 0.4) is 0 Å². The lowest BCUT2D eigenvalue weighted by Crippen LogP contribution is -2.60. The molecule has 15 heteroatoms. The first kappa shape index (κ1) is 26.5. The molecule has 0 amide bonds. The molecule has 1 aromatic carbocycles. The van der Waals surface area contributed by atoms with Gasteiger partial charge in [-0.25, -0.2) is 4.79 Å². The van der Waals surface area contributed by atoms with Gasteiger partial charge in [0.25, 0.3) is 0 Å². The number of benzene rings is 1.